The summed E-state index contributed by atoms with van der Waals surface area (Å²) in [7, 11) is 0. The van der Waals surface area contributed by atoms with E-state index in [9.17, 15) is 30.3 Å². The topological polar surface area (TPSA) is 127 Å². The van der Waals surface area contributed by atoms with Crippen molar-refractivity contribution in [2.75, 3.05) is 0 Å². The van der Waals surface area contributed by atoms with Gasteiger partial charge in [0, 0.05) is 17.7 Å². The number of aromatic hydroxyl groups is 4. The van der Waals surface area contributed by atoms with Gasteiger partial charge in [-0.25, -0.2) is 0 Å². The molecule has 7 nitrogen and oxygen atoms in total. The molecule has 0 radical (unpaired) electrons. The average Bonchev–Trinajstić information content (AvgIpc) is 2.45. The van der Waals surface area contributed by atoms with Crippen molar-refractivity contribution < 1.29 is 35.1 Å². The zero-order valence-electron chi connectivity index (χ0n) is 11.1. The molecule has 2 aromatic carbocycles. The van der Waals surface area contributed by atoms with Crippen LogP contribution in [0.2, 0.25) is 0 Å². The van der Waals surface area contributed by atoms with E-state index >= 15 is 0 Å². The summed E-state index contributed by atoms with van der Waals surface area (Å²) in [6, 6.07) is 5.66. The van der Waals surface area contributed by atoms with Crippen LogP contribution in [0.1, 0.15) is 22.0 Å². The van der Waals surface area contributed by atoms with Crippen molar-refractivity contribution in [3.8, 4) is 28.7 Å². The predicted molar refractivity (Wildman–Crippen MR) is 73.2 cm³/mol. The number of rotatable bonds is 1. The number of aliphatic hydroxyl groups excluding tert-OH is 1. The first kappa shape index (κ1) is 14.0. The zero-order chi connectivity index (χ0) is 16.0. The molecular formula is C15H12O7. The molecular weight excluding hydrogens is 292 g/mol. The maximum Gasteiger partial charge on any atom is 0.202 e. The number of benzene rings is 2. The van der Waals surface area contributed by atoms with Crippen molar-refractivity contribution in [2.45, 2.75) is 12.2 Å². The van der Waals surface area contributed by atoms with Crippen LogP contribution in [0, 0.1) is 0 Å². The number of carbonyl (C=O) groups is 1. The summed E-state index contributed by atoms with van der Waals surface area (Å²) < 4.78 is 5.44. The molecule has 1 aliphatic rings. The van der Waals surface area contributed by atoms with Crippen LogP contribution in [0.15, 0.2) is 30.3 Å². The summed E-state index contributed by atoms with van der Waals surface area (Å²) in [5, 5.41) is 48.6. The van der Waals surface area contributed by atoms with Crippen LogP contribution in [0.25, 0.3) is 0 Å². The maximum atomic E-state index is 12.2. The molecule has 0 fully saturated rings. The van der Waals surface area contributed by atoms with Gasteiger partial charge in [-0.3, -0.25) is 4.79 Å². The third kappa shape index (κ3) is 2.08. The number of hydrogen-bond acceptors (Lipinski definition) is 7. The summed E-state index contributed by atoms with van der Waals surface area (Å²) in [5.74, 6) is -2.23. The third-order valence-electron chi connectivity index (χ3n) is 3.44. The molecule has 3 rings (SSSR count). The molecule has 0 aliphatic carbocycles. The molecule has 0 unspecified atom stereocenters. The normalized spacial score (nSPS) is 20.3. The van der Waals surface area contributed by atoms with Crippen molar-refractivity contribution in [3.63, 3.8) is 0 Å². The highest BCUT2D eigenvalue weighted by Gasteiger charge is 2.40. The van der Waals surface area contributed by atoms with Gasteiger partial charge in [-0.05, 0) is 18.2 Å². The predicted octanol–water partition coefficient (Wildman–Crippen LogP) is 1.19. The summed E-state index contributed by atoms with van der Waals surface area (Å²) >= 11 is 0. The molecule has 22 heavy (non-hydrogen) atoms. The quantitative estimate of drug-likeness (QED) is 0.501. The molecule has 0 saturated carbocycles. The number of aliphatic hydroxyl groups is 1. The second-order valence-electron chi connectivity index (χ2n) is 4.93. The van der Waals surface area contributed by atoms with Crippen LogP contribution in [-0.4, -0.2) is 37.4 Å². The van der Waals surface area contributed by atoms with Gasteiger partial charge in [-0.15, -0.1) is 0 Å². The molecule has 2 atom stereocenters. The number of hydrogen-bond donors (Lipinski definition) is 5. The molecule has 7 heteroatoms. The van der Waals surface area contributed by atoms with E-state index in [1.807, 2.05) is 0 Å². The summed E-state index contributed by atoms with van der Waals surface area (Å²) in [6.07, 6.45) is -2.97. The molecule has 2 aromatic rings. The van der Waals surface area contributed by atoms with E-state index in [0.717, 1.165) is 18.2 Å². The first-order valence-corrected chi connectivity index (χ1v) is 6.35. The molecule has 0 bridgehead atoms. The summed E-state index contributed by atoms with van der Waals surface area (Å²) in [5.41, 5.74) is -0.240. The molecule has 0 saturated heterocycles. The van der Waals surface area contributed by atoms with Crippen LogP contribution < -0.4 is 4.74 Å². The Hall–Kier alpha value is -2.93. The van der Waals surface area contributed by atoms with Gasteiger partial charge < -0.3 is 30.3 Å². The van der Waals surface area contributed by atoms with E-state index < -0.39 is 23.7 Å². The SMILES string of the molecule is O=C1c2c(O)cc(O)cc2O[C@H](c2cc(O)ccc2O)[C@H]1O. The van der Waals surface area contributed by atoms with Gasteiger partial charge in [0.1, 0.15) is 34.3 Å². The average molecular weight is 304 g/mol. The fourth-order valence-corrected chi connectivity index (χ4v) is 2.42. The third-order valence-corrected chi connectivity index (χ3v) is 3.44. The molecule has 0 aromatic heterocycles. The first-order chi connectivity index (χ1) is 10.4. The molecule has 0 spiro atoms. The number of phenols is 4. The smallest absolute Gasteiger partial charge is 0.202 e. The van der Waals surface area contributed by atoms with E-state index in [0.29, 0.717) is 0 Å². The standard InChI is InChI=1S/C15H12O7/c16-6-1-2-9(18)8(3-6)15-14(21)13(20)12-10(19)4-7(17)5-11(12)22-15/h1-5,14-19,21H/t14-,15+/m0/s1. The first-order valence-electron chi connectivity index (χ1n) is 6.35. The highest BCUT2D eigenvalue weighted by molar-refractivity contribution is 6.05. The second-order valence-corrected chi connectivity index (χ2v) is 4.93. The molecule has 1 aliphatic heterocycles. The molecule has 1 heterocycles. The lowest BCUT2D eigenvalue weighted by Gasteiger charge is -2.30. The number of phenolic OH excluding ortho intramolecular Hbond substituents is 4. The fourth-order valence-electron chi connectivity index (χ4n) is 2.42. The Kier molecular flexibility index (Phi) is 3.07. The van der Waals surface area contributed by atoms with Crippen LogP contribution in [-0.2, 0) is 0 Å². The monoisotopic (exact) mass is 304 g/mol. The van der Waals surface area contributed by atoms with Crippen LogP contribution in [0.4, 0.5) is 0 Å². The lowest BCUT2D eigenvalue weighted by Crippen LogP contribution is -2.36. The van der Waals surface area contributed by atoms with Crippen LogP contribution in [0.5, 0.6) is 28.7 Å². The Morgan fingerprint density at radius 3 is 2.36 bits per heavy atom. The second kappa shape index (κ2) is 4.81. The van der Waals surface area contributed by atoms with Crippen molar-refractivity contribution >= 4 is 5.78 Å². The van der Waals surface area contributed by atoms with Gasteiger partial charge in [0.15, 0.2) is 12.2 Å². The number of carbonyl (C=O) groups excluding carboxylic acids is 1. The highest BCUT2D eigenvalue weighted by Crippen LogP contribution is 2.43. The Labute approximate surface area is 124 Å². The van der Waals surface area contributed by atoms with E-state index in [4.69, 9.17) is 4.74 Å². The van der Waals surface area contributed by atoms with Crippen LogP contribution in [0.3, 0.4) is 0 Å². The molecule has 114 valence electrons. The lowest BCUT2D eigenvalue weighted by atomic mass is 9.92. The minimum Gasteiger partial charge on any atom is -0.508 e. The highest BCUT2D eigenvalue weighted by atomic mass is 16.5. The number of Topliss-reactive ketones (excluding diaryl/α,β-unsaturated/α-hetero) is 1. The largest absolute Gasteiger partial charge is 0.508 e. The number of fused-ring (bicyclic) bond motifs is 1. The molecule has 5 N–H and O–H groups in total. The van der Waals surface area contributed by atoms with Crippen molar-refractivity contribution in [1.29, 1.82) is 0 Å². The zero-order valence-corrected chi connectivity index (χ0v) is 11.1. The Balaban J connectivity index is 2.13. The lowest BCUT2D eigenvalue weighted by molar-refractivity contribution is 0.0202. The fraction of sp³-hybridized carbons (Fsp3) is 0.133. The summed E-state index contributed by atoms with van der Waals surface area (Å²) in [6.45, 7) is 0. The molecule has 0 amide bonds. The van der Waals surface area contributed by atoms with Crippen molar-refractivity contribution in [2.24, 2.45) is 0 Å². The number of ketones is 1. The van der Waals surface area contributed by atoms with E-state index in [-0.39, 0.29) is 34.1 Å². The maximum absolute atomic E-state index is 12.2. The Morgan fingerprint density at radius 2 is 1.64 bits per heavy atom. The number of ether oxygens (including phenoxy) is 1. The van der Waals surface area contributed by atoms with E-state index in [1.54, 1.807) is 0 Å². The van der Waals surface area contributed by atoms with Gasteiger partial charge in [-0.1, -0.05) is 0 Å². The van der Waals surface area contributed by atoms with Gasteiger partial charge in [0.2, 0.25) is 5.78 Å². The minimum absolute atomic E-state index is 0.00864. The van der Waals surface area contributed by atoms with E-state index in [1.165, 1.54) is 12.1 Å². The van der Waals surface area contributed by atoms with Gasteiger partial charge >= 0.3 is 0 Å². The van der Waals surface area contributed by atoms with Crippen LogP contribution >= 0.6 is 0 Å². The Morgan fingerprint density at radius 1 is 0.909 bits per heavy atom. The van der Waals surface area contributed by atoms with Crippen molar-refractivity contribution in [3.05, 3.63) is 41.5 Å². The Bertz CT molecular complexity index is 769. The van der Waals surface area contributed by atoms with Crippen molar-refractivity contribution in [1.82, 2.24) is 0 Å². The van der Waals surface area contributed by atoms with E-state index in [2.05, 4.69) is 0 Å². The van der Waals surface area contributed by atoms with Gasteiger partial charge in [-0.2, -0.15) is 0 Å². The summed E-state index contributed by atoms with van der Waals surface area (Å²) in [4.78, 5) is 12.2. The minimum atomic E-state index is -1.68. The van der Waals surface area contributed by atoms with Gasteiger partial charge in [0.05, 0.1) is 0 Å². The van der Waals surface area contributed by atoms with Gasteiger partial charge in [0.25, 0.3) is 0 Å².